The van der Waals surface area contributed by atoms with E-state index in [1.165, 1.54) is 17.4 Å². The summed E-state index contributed by atoms with van der Waals surface area (Å²) in [7, 11) is 1.61. The molecular weight excluding hydrogens is 339 g/mol. The molecule has 128 valence electrons. The van der Waals surface area contributed by atoms with Gasteiger partial charge >= 0.3 is 0 Å². The molecule has 0 unspecified atom stereocenters. The van der Waals surface area contributed by atoms with Gasteiger partial charge in [0.1, 0.15) is 5.82 Å². The third-order valence-corrected chi connectivity index (χ3v) is 4.44. The predicted molar refractivity (Wildman–Crippen MR) is 97.4 cm³/mol. The van der Waals surface area contributed by atoms with Crippen LogP contribution < -0.4 is 5.32 Å². The normalized spacial score (nSPS) is 10.7. The van der Waals surface area contributed by atoms with E-state index in [-0.39, 0.29) is 11.7 Å². The molecule has 1 N–H and O–H groups in total. The Morgan fingerprint density at radius 3 is 2.88 bits per heavy atom. The highest BCUT2D eigenvalue weighted by Crippen LogP contribution is 2.26. The lowest BCUT2D eigenvalue weighted by Gasteiger charge is -2.04. The summed E-state index contributed by atoms with van der Waals surface area (Å²) < 4.78 is 18.5. The van der Waals surface area contributed by atoms with Crippen LogP contribution in [0.4, 0.5) is 9.52 Å². The Morgan fingerprint density at radius 2 is 2.12 bits per heavy atom. The van der Waals surface area contributed by atoms with Crippen molar-refractivity contribution < 1.29 is 13.9 Å². The second-order valence-corrected chi connectivity index (χ2v) is 6.45. The predicted octanol–water partition coefficient (Wildman–Crippen LogP) is 4.66. The number of carbonyl (C=O) groups is 1. The lowest BCUT2D eigenvalue weighted by molar-refractivity contribution is 0.102. The molecule has 0 saturated carbocycles. The Morgan fingerprint density at radius 1 is 1.28 bits per heavy atom. The van der Waals surface area contributed by atoms with Crippen LogP contribution in [0.25, 0.3) is 11.3 Å². The number of benzene rings is 2. The summed E-state index contributed by atoms with van der Waals surface area (Å²) in [4.78, 5) is 16.8. The van der Waals surface area contributed by atoms with Gasteiger partial charge in [-0.3, -0.25) is 10.1 Å². The fraction of sp³-hybridized carbons (Fsp3) is 0.158. The van der Waals surface area contributed by atoms with Gasteiger partial charge in [-0.1, -0.05) is 12.1 Å². The van der Waals surface area contributed by atoms with Crippen molar-refractivity contribution in [2.24, 2.45) is 0 Å². The summed E-state index contributed by atoms with van der Waals surface area (Å²) >= 11 is 1.33. The van der Waals surface area contributed by atoms with E-state index < -0.39 is 0 Å². The smallest absolute Gasteiger partial charge is 0.257 e. The van der Waals surface area contributed by atoms with Crippen LogP contribution in [0.15, 0.2) is 47.8 Å². The largest absolute Gasteiger partial charge is 0.380 e. The van der Waals surface area contributed by atoms with Crippen LogP contribution >= 0.6 is 11.3 Å². The fourth-order valence-corrected chi connectivity index (χ4v) is 3.12. The highest BCUT2D eigenvalue weighted by molar-refractivity contribution is 7.14. The molecule has 6 heteroatoms. The molecule has 0 radical (unpaired) electrons. The van der Waals surface area contributed by atoms with E-state index in [0.29, 0.717) is 28.6 Å². The number of rotatable bonds is 5. The SMILES string of the molecule is COCc1cccc(C(=O)Nc2nc(-c3ccc(F)c(C)c3)cs2)c1. The highest BCUT2D eigenvalue weighted by atomic mass is 32.1. The zero-order valence-electron chi connectivity index (χ0n) is 13.9. The first-order valence-corrected chi connectivity index (χ1v) is 8.56. The zero-order chi connectivity index (χ0) is 17.8. The molecule has 3 aromatic rings. The van der Waals surface area contributed by atoms with Crippen LogP contribution in [0.1, 0.15) is 21.5 Å². The van der Waals surface area contributed by atoms with Crippen molar-refractivity contribution in [2.45, 2.75) is 13.5 Å². The van der Waals surface area contributed by atoms with Gasteiger partial charge in [-0.2, -0.15) is 0 Å². The minimum atomic E-state index is -0.247. The molecule has 0 spiro atoms. The van der Waals surface area contributed by atoms with E-state index in [0.717, 1.165) is 11.1 Å². The maximum Gasteiger partial charge on any atom is 0.257 e. The number of thiazole rings is 1. The van der Waals surface area contributed by atoms with Crippen LogP contribution in [0.5, 0.6) is 0 Å². The molecule has 25 heavy (non-hydrogen) atoms. The van der Waals surface area contributed by atoms with Crippen LogP contribution in [0.2, 0.25) is 0 Å². The molecule has 0 fully saturated rings. The Balaban J connectivity index is 1.75. The zero-order valence-corrected chi connectivity index (χ0v) is 14.7. The van der Waals surface area contributed by atoms with Crippen molar-refractivity contribution >= 4 is 22.4 Å². The first-order chi connectivity index (χ1) is 12.1. The highest BCUT2D eigenvalue weighted by Gasteiger charge is 2.11. The molecule has 0 bridgehead atoms. The summed E-state index contributed by atoms with van der Waals surface area (Å²) in [5.74, 6) is -0.474. The third kappa shape index (κ3) is 4.10. The van der Waals surface area contributed by atoms with Gasteiger partial charge in [0, 0.05) is 23.6 Å². The summed E-state index contributed by atoms with van der Waals surface area (Å²) in [6.07, 6.45) is 0. The Labute approximate surface area is 149 Å². The lowest BCUT2D eigenvalue weighted by Crippen LogP contribution is -2.12. The van der Waals surface area contributed by atoms with Crippen molar-refractivity contribution in [1.82, 2.24) is 4.98 Å². The number of ether oxygens (including phenoxy) is 1. The number of hydrogen-bond donors (Lipinski definition) is 1. The van der Waals surface area contributed by atoms with Gasteiger partial charge in [0.25, 0.3) is 5.91 Å². The average molecular weight is 356 g/mol. The molecule has 1 amide bonds. The molecule has 3 rings (SSSR count). The number of nitrogens with zero attached hydrogens (tertiary/aromatic N) is 1. The van der Waals surface area contributed by atoms with E-state index in [1.807, 2.05) is 17.5 Å². The number of nitrogens with one attached hydrogen (secondary N) is 1. The second kappa shape index (κ2) is 7.55. The lowest BCUT2D eigenvalue weighted by atomic mass is 10.1. The van der Waals surface area contributed by atoms with Gasteiger partial charge in [-0.25, -0.2) is 9.37 Å². The van der Waals surface area contributed by atoms with Gasteiger partial charge in [-0.15, -0.1) is 11.3 Å². The topological polar surface area (TPSA) is 51.2 Å². The van der Waals surface area contributed by atoms with Crippen molar-refractivity contribution in [3.63, 3.8) is 0 Å². The number of carbonyl (C=O) groups excluding carboxylic acids is 1. The summed E-state index contributed by atoms with van der Waals surface area (Å²) in [6, 6.07) is 12.1. The van der Waals surface area contributed by atoms with Crippen molar-refractivity contribution in [1.29, 1.82) is 0 Å². The molecule has 0 aliphatic carbocycles. The summed E-state index contributed by atoms with van der Waals surface area (Å²) in [5.41, 5.74) is 3.56. The molecule has 0 atom stereocenters. The number of anilines is 1. The summed E-state index contributed by atoms with van der Waals surface area (Å²) in [5, 5.41) is 5.13. The number of aromatic nitrogens is 1. The minimum absolute atomic E-state index is 0.228. The van der Waals surface area contributed by atoms with Crippen LogP contribution in [-0.2, 0) is 11.3 Å². The van der Waals surface area contributed by atoms with E-state index in [9.17, 15) is 9.18 Å². The van der Waals surface area contributed by atoms with Gasteiger partial charge in [0.2, 0.25) is 0 Å². The van der Waals surface area contributed by atoms with Crippen LogP contribution in [0, 0.1) is 12.7 Å². The van der Waals surface area contributed by atoms with Gasteiger partial charge in [-0.05, 0) is 48.4 Å². The van der Waals surface area contributed by atoms with Crippen LogP contribution in [-0.4, -0.2) is 18.0 Å². The second-order valence-electron chi connectivity index (χ2n) is 5.59. The number of aryl methyl sites for hydroxylation is 1. The van der Waals surface area contributed by atoms with E-state index in [1.54, 1.807) is 38.3 Å². The molecule has 1 heterocycles. The maximum atomic E-state index is 13.4. The molecule has 4 nitrogen and oxygen atoms in total. The van der Waals surface area contributed by atoms with Crippen molar-refractivity contribution in [3.05, 3.63) is 70.4 Å². The number of amides is 1. The van der Waals surface area contributed by atoms with Gasteiger partial charge in [0.15, 0.2) is 5.13 Å². The standard InChI is InChI=1S/C19H17FN2O2S/c1-12-8-14(6-7-16(12)20)17-11-25-19(21-17)22-18(23)15-5-3-4-13(9-15)10-24-2/h3-9,11H,10H2,1-2H3,(H,21,22,23). The fourth-order valence-electron chi connectivity index (χ4n) is 2.41. The molecule has 2 aromatic carbocycles. The first kappa shape index (κ1) is 17.3. The average Bonchev–Trinajstić information content (AvgIpc) is 3.06. The van der Waals surface area contributed by atoms with Crippen LogP contribution in [0.3, 0.4) is 0 Å². The van der Waals surface area contributed by atoms with E-state index >= 15 is 0 Å². The minimum Gasteiger partial charge on any atom is -0.380 e. The molecular formula is C19H17FN2O2S. The Kier molecular flexibility index (Phi) is 5.21. The molecule has 1 aromatic heterocycles. The third-order valence-electron chi connectivity index (χ3n) is 3.68. The Bertz CT molecular complexity index is 908. The van der Waals surface area contributed by atoms with Crippen molar-refractivity contribution in [3.8, 4) is 11.3 Å². The van der Waals surface area contributed by atoms with Crippen molar-refractivity contribution in [2.75, 3.05) is 12.4 Å². The van der Waals surface area contributed by atoms with E-state index in [4.69, 9.17) is 4.74 Å². The maximum absolute atomic E-state index is 13.4. The summed E-state index contributed by atoms with van der Waals surface area (Å²) in [6.45, 7) is 2.16. The number of hydrogen-bond acceptors (Lipinski definition) is 4. The quantitative estimate of drug-likeness (QED) is 0.723. The molecule has 0 saturated heterocycles. The monoisotopic (exact) mass is 356 g/mol. The Hall–Kier alpha value is -2.57. The first-order valence-electron chi connectivity index (χ1n) is 7.68. The van der Waals surface area contributed by atoms with E-state index in [2.05, 4.69) is 10.3 Å². The van der Waals surface area contributed by atoms with Gasteiger partial charge < -0.3 is 4.74 Å². The van der Waals surface area contributed by atoms with Gasteiger partial charge in [0.05, 0.1) is 12.3 Å². The number of halogens is 1. The number of methoxy groups -OCH3 is 1. The molecule has 0 aliphatic heterocycles. The molecule has 0 aliphatic rings.